The molecule has 30 nitrogen and oxygen atoms in total. The van der Waals surface area contributed by atoms with Crippen LogP contribution in [0.2, 0.25) is 0 Å². The van der Waals surface area contributed by atoms with Gasteiger partial charge >= 0.3 is 0 Å². The molecular formula is C76H138N2O28. The molecule has 5 saturated heterocycles. The van der Waals surface area contributed by atoms with Crippen molar-refractivity contribution in [3.05, 3.63) is 24.3 Å². The molecule has 2 amide bonds. The van der Waals surface area contributed by atoms with Gasteiger partial charge in [-0.15, -0.1) is 0 Å². The summed E-state index contributed by atoms with van der Waals surface area (Å²) in [4.78, 5) is 25.6. The van der Waals surface area contributed by atoms with Crippen LogP contribution in [0.1, 0.15) is 239 Å². The quantitative estimate of drug-likeness (QED) is 0.0307. The van der Waals surface area contributed by atoms with Gasteiger partial charge in [0.25, 0.3) is 0 Å². The van der Waals surface area contributed by atoms with Crippen molar-refractivity contribution in [1.82, 2.24) is 10.6 Å². The van der Waals surface area contributed by atoms with E-state index in [1.54, 1.807) is 6.08 Å². The van der Waals surface area contributed by atoms with Crippen molar-refractivity contribution in [3.8, 4) is 0 Å². The molecule has 5 aliphatic heterocycles. The van der Waals surface area contributed by atoms with Gasteiger partial charge in [-0.2, -0.15) is 0 Å². The molecule has 27 atom stereocenters. The maximum absolute atomic E-state index is 13.5. The van der Waals surface area contributed by atoms with Crippen molar-refractivity contribution in [2.75, 3.05) is 39.6 Å². The van der Waals surface area contributed by atoms with Gasteiger partial charge in [-0.05, 0) is 44.9 Å². The van der Waals surface area contributed by atoms with Gasteiger partial charge in [0, 0.05) is 13.3 Å². The monoisotopic (exact) mass is 1530 g/mol. The lowest BCUT2D eigenvalue weighted by Crippen LogP contribution is -2.69. The van der Waals surface area contributed by atoms with E-state index in [2.05, 4.69) is 36.6 Å². The number of amides is 2. The number of unbranched alkanes of at least 4 members (excludes halogenated alkanes) is 30. The van der Waals surface area contributed by atoms with Gasteiger partial charge in [0.1, 0.15) is 122 Å². The van der Waals surface area contributed by atoms with Crippen molar-refractivity contribution in [2.24, 2.45) is 0 Å². The topological polar surface area (TPSA) is 474 Å². The minimum Gasteiger partial charge on any atom is -0.394 e. The fourth-order valence-corrected chi connectivity index (χ4v) is 14.3. The lowest BCUT2D eigenvalue weighted by atomic mass is 9.95. The summed E-state index contributed by atoms with van der Waals surface area (Å²) in [5.74, 6) is -1.05. The smallest absolute Gasteiger partial charge is 0.220 e. The van der Waals surface area contributed by atoms with Gasteiger partial charge in [0.2, 0.25) is 11.8 Å². The van der Waals surface area contributed by atoms with Gasteiger partial charge in [0.15, 0.2) is 31.5 Å². The van der Waals surface area contributed by atoms with Crippen LogP contribution in [0.4, 0.5) is 0 Å². The summed E-state index contributed by atoms with van der Waals surface area (Å²) in [7, 11) is 0. The molecule has 620 valence electrons. The number of allylic oxidation sites excluding steroid dienone is 3. The van der Waals surface area contributed by atoms with Crippen molar-refractivity contribution >= 4 is 11.8 Å². The average molecular weight is 1530 g/mol. The number of carbonyl (C=O) groups excluding carboxylic acids is 2. The van der Waals surface area contributed by atoms with Crippen LogP contribution in [-0.4, -0.2) is 299 Å². The fourth-order valence-electron chi connectivity index (χ4n) is 14.3. The third-order valence-corrected chi connectivity index (χ3v) is 20.9. The highest BCUT2D eigenvalue weighted by atomic mass is 16.8. The van der Waals surface area contributed by atoms with Gasteiger partial charge in [0.05, 0.1) is 51.8 Å². The third kappa shape index (κ3) is 31.4. The number of hydrogen-bond donors (Lipinski definition) is 18. The second kappa shape index (κ2) is 53.4. The van der Waals surface area contributed by atoms with Crippen LogP contribution in [0.5, 0.6) is 0 Å². The third-order valence-electron chi connectivity index (χ3n) is 20.9. The maximum atomic E-state index is 13.5. The highest BCUT2D eigenvalue weighted by Gasteiger charge is 2.57. The van der Waals surface area contributed by atoms with E-state index in [0.29, 0.717) is 12.8 Å². The number of rotatable bonds is 55. The average Bonchev–Trinajstić information content (AvgIpc) is 0.776. The molecule has 0 saturated carbocycles. The molecular weight excluding hydrogens is 1390 g/mol. The summed E-state index contributed by atoms with van der Waals surface area (Å²) in [6, 6.07) is -2.61. The zero-order valence-corrected chi connectivity index (χ0v) is 63.2. The second-order valence-electron chi connectivity index (χ2n) is 29.6. The summed E-state index contributed by atoms with van der Waals surface area (Å²) in [6.07, 6.45) is 0.846. The molecule has 0 aromatic carbocycles. The Morgan fingerprint density at radius 2 is 0.698 bits per heavy atom. The zero-order chi connectivity index (χ0) is 77.3. The van der Waals surface area contributed by atoms with Crippen LogP contribution in [0.25, 0.3) is 0 Å². The van der Waals surface area contributed by atoms with Crippen LogP contribution in [-0.2, 0) is 57.0 Å². The first-order chi connectivity index (χ1) is 51.2. The molecule has 0 bridgehead atoms. The van der Waals surface area contributed by atoms with Gasteiger partial charge in [-0.25, -0.2) is 0 Å². The molecule has 18 N–H and O–H groups in total. The first-order valence-electron chi connectivity index (χ1n) is 40.1. The molecule has 0 aliphatic carbocycles. The molecule has 10 unspecified atom stereocenters. The predicted octanol–water partition coefficient (Wildman–Crippen LogP) is 2.50. The number of aliphatic hydroxyl groups excluding tert-OH is 16. The van der Waals surface area contributed by atoms with Crippen LogP contribution in [0.15, 0.2) is 24.3 Å². The minimum atomic E-state index is -2.19. The Hall–Kier alpha value is -2.62. The summed E-state index contributed by atoms with van der Waals surface area (Å²) in [5, 5.41) is 182. The second-order valence-corrected chi connectivity index (χ2v) is 29.6. The van der Waals surface area contributed by atoms with Crippen LogP contribution in [0, 0.1) is 0 Å². The van der Waals surface area contributed by atoms with E-state index in [0.717, 1.165) is 51.9 Å². The SMILES string of the molecule is CCCCCCCC/C=C\CCCCCCCCCCCCCCCC(=O)N[C@@H](CO[C@@H]1OC(CO)[C@@H](O[C@@H]2OC(CO)[C@H](O[C@@H]3OC(CO)[C@H](O)[C@H](O[C@H]4OC(CO)[C@H](O)[C@H](O[C@@H]5OC(CO)[C@H](O)[C@H](O)C5NC(C)=O)C4O)C3O)[C@H](O)C2O)[C@H](O)C1O)[C@H](O)/C=C/CCCCCCCCCCCCC. The van der Waals surface area contributed by atoms with Crippen molar-refractivity contribution in [1.29, 1.82) is 0 Å². The van der Waals surface area contributed by atoms with Crippen LogP contribution in [0.3, 0.4) is 0 Å². The van der Waals surface area contributed by atoms with E-state index < -0.39 is 211 Å². The molecule has 5 fully saturated rings. The molecule has 106 heavy (non-hydrogen) atoms. The lowest BCUT2D eigenvalue weighted by Gasteiger charge is -2.50. The number of hydrogen-bond acceptors (Lipinski definition) is 28. The predicted molar refractivity (Wildman–Crippen MR) is 386 cm³/mol. The Kier molecular flexibility index (Phi) is 47.3. The first-order valence-corrected chi connectivity index (χ1v) is 40.1. The number of nitrogens with one attached hydrogen (secondary N) is 2. The summed E-state index contributed by atoms with van der Waals surface area (Å²) in [5.41, 5.74) is 0. The Morgan fingerprint density at radius 1 is 0.368 bits per heavy atom. The van der Waals surface area contributed by atoms with Crippen molar-refractivity contribution in [3.63, 3.8) is 0 Å². The van der Waals surface area contributed by atoms with Gasteiger partial charge in [-0.3, -0.25) is 9.59 Å². The summed E-state index contributed by atoms with van der Waals surface area (Å²) in [6.45, 7) is 0.394. The summed E-state index contributed by atoms with van der Waals surface area (Å²) < 4.78 is 58.1. The van der Waals surface area contributed by atoms with E-state index in [1.165, 1.54) is 154 Å². The van der Waals surface area contributed by atoms with Crippen molar-refractivity contribution < 1.29 is 139 Å². The van der Waals surface area contributed by atoms with E-state index in [1.807, 2.05) is 6.08 Å². The number of aliphatic hydroxyl groups is 16. The molecule has 30 heteroatoms. The Bertz CT molecular complexity index is 2340. The van der Waals surface area contributed by atoms with E-state index >= 15 is 0 Å². The van der Waals surface area contributed by atoms with E-state index in [9.17, 15) is 91.3 Å². The lowest BCUT2D eigenvalue weighted by molar-refractivity contribution is -0.393. The number of ether oxygens (including phenoxy) is 10. The minimum absolute atomic E-state index is 0.196. The standard InChI is InChI=1S/C76H138N2O28/c1-4-6-8-10-12-14-16-18-19-20-21-22-23-24-25-26-27-29-31-33-35-37-39-41-56(86)78-49(50(85)40-38-36-34-32-30-28-17-15-13-11-9-7-5-2)47-97-73-64(93)62(91)68(54(45-82)101-73)103-74-65(94)63(92)69(55(46-83)102-74)104-75-67(96)71(60(89)53(44-81)99-75)106-76-66(95)70(59(88)52(43-80)100-76)105-72-57(77-48(3)84)61(90)58(87)51(42-79)98-72/h18-19,38,40,49-55,57-76,79-83,85,87-96H,4-17,20-37,39,41-47H2,1-3H3,(H,77,84)(H,78,86)/b19-18-,40-38+/t49-,50+,51?,52?,53?,54?,55?,57?,58-,59-,60-,61+,62+,63+,64?,65?,66?,67?,68+,69-,70-,71-,72-,73+,74-,75-,76+/m0/s1. The zero-order valence-electron chi connectivity index (χ0n) is 63.2. The fraction of sp³-hybridized carbons (Fsp3) is 0.921. The summed E-state index contributed by atoms with van der Waals surface area (Å²) >= 11 is 0. The highest BCUT2D eigenvalue weighted by molar-refractivity contribution is 5.76. The maximum Gasteiger partial charge on any atom is 0.220 e. The van der Waals surface area contributed by atoms with Crippen LogP contribution < -0.4 is 10.6 Å². The largest absolute Gasteiger partial charge is 0.394 e. The van der Waals surface area contributed by atoms with E-state index in [4.69, 9.17) is 47.4 Å². The molecule has 0 aromatic rings. The highest BCUT2D eigenvalue weighted by Crippen LogP contribution is 2.37. The molecule has 0 aromatic heterocycles. The van der Waals surface area contributed by atoms with Crippen LogP contribution >= 0.6 is 0 Å². The molecule has 0 spiro atoms. The molecule has 5 rings (SSSR count). The normalized spacial score (nSPS) is 34.4. The first kappa shape index (κ1) is 94.0. The van der Waals surface area contributed by atoms with Gasteiger partial charge < -0.3 is 140 Å². The molecule has 0 radical (unpaired) electrons. The Labute approximate surface area is 627 Å². The Balaban J connectivity index is 1.13. The molecule has 5 heterocycles. The van der Waals surface area contributed by atoms with Gasteiger partial charge in [-0.1, -0.05) is 205 Å². The number of carbonyl (C=O) groups is 2. The van der Waals surface area contributed by atoms with Crippen molar-refractivity contribution in [2.45, 2.75) is 405 Å². The molecule has 5 aliphatic rings. The van der Waals surface area contributed by atoms with E-state index in [-0.39, 0.29) is 12.3 Å². The Morgan fingerprint density at radius 3 is 1.11 bits per heavy atom.